The first-order chi connectivity index (χ1) is 7.66. The predicted molar refractivity (Wildman–Crippen MR) is 57.6 cm³/mol. The van der Waals surface area contributed by atoms with E-state index in [4.69, 9.17) is 8.94 Å². The van der Waals surface area contributed by atoms with Crippen LogP contribution in [0.25, 0.3) is 21.9 Å². The molecule has 0 aliphatic carbocycles. The third-order valence-corrected chi connectivity index (χ3v) is 2.51. The van der Waals surface area contributed by atoms with E-state index in [1.54, 1.807) is 13.0 Å². The molecule has 1 N–H and O–H groups in total. The third-order valence-electron chi connectivity index (χ3n) is 2.51. The van der Waals surface area contributed by atoms with Gasteiger partial charge in [-0.05, 0) is 19.1 Å². The summed E-state index contributed by atoms with van der Waals surface area (Å²) in [7, 11) is 0. The van der Waals surface area contributed by atoms with Crippen LogP contribution in [0.2, 0.25) is 0 Å². The van der Waals surface area contributed by atoms with Gasteiger partial charge in [-0.15, -0.1) is 0 Å². The summed E-state index contributed by atoms with van der Waals surface area (Å²) in [6.45, 7) is 1.72. The molecule has 0 saturated carbocycles. The minimum Gasteiger partial charge on any atom is -0.422 e. The number of aromatic nitrogens is 1. The lowest BCUT2D eigenvalue weighted by Gasteiger charge is -1.94. The summed E-state index contributed by atoms with van der Waals surface area (Å²) in [5, 5.41) is 3.60. The van der Waals surface area contributed by atoms with Crippen LogP contribution >= 0.6 is 0 Å². The first-order valence-electron chi connectivity index (χ1n) is 4.71. The lowest BCUT2D eigenvalue weighted by atomic mass is 10.2. The van der Waals surface area contributed by atoms with Gasteiger partial charge in [0.05, 0.1) is 11.1 Å². The van der Waals surface area contributed by atoms with Gasteiger partial charge >= 0.3 is 5.63 Å². The van der Waals surface area contributed by atoms with Crippen LogP contribution in [-0.4, -0.2) is 5.16 Å². The Morgan fingerprint density at radius 1 is 1.25 bits per heavy atom. The number of rotatable bonds is 0. The van der Waals surface area contributed by atoms with E-state index in [0.717, 1.165) is 0 Å². The van der Waals surface area contributed by atoms with Gasteiger partial charge in [0.2, 0.25) is 0 Å². The molecule has 2 heterocycles. The monoisotopic (exact) mass is 217 g/mol. The first kappa shape index (κ1) is 8.96. The number of H-pyrrole nitrogens is 1. The van der Waals surface area contributed by atoms with Gasteiger partial charge in [-0.3, -0.25) is 4.79 Å². The van der Waals surface area contributed by atoms with E-state index in [9.17, 15) is 9.59 Å². The van der Waals surface area contributed by atoms with Gasteiger partial charge in [-0.25, -0.2) is 9.95 Å². The van der Waals surface area contributed by atoms with Gasteiger partial charge in [0.15, 0.2) is 11.0 Å². The average Bonchev–Trinajstić information content (AvgIpc) is 2.61. The molecular weight excluding hydrogens is 210 g/mol. The summed E-state index contributed by atoms with van der Waals surface area (Å²) in [5.74, 6) is 0. The molecule has 0 fully saturated rings. The summed E-state index contributed by atoms with van der Waals surface area (Å²) in [6, 6.07) is 4.26. The van der Waals surface area contributed by atoms with Crippen molar-refractivity contribution in [2.45, 2.75) is 6.92 Å². The van der Waals surface area contributed by atoms with Crippen LogP contribution in [0.4, 0.5) is 0 Å². The molecular formula is C11H7NO4. The van der Waals surface area contributed by atoms with Crippen molar-refractivity contribution in [2.24, 2.45) is 0 Å². The van der Waals surface area contributed by atoms with Crippen LogP contribution in [0.3, 0.4) is 0 Å². The van der Waals surface area contributed by atoms with E-state index >= 15 is 0 Å². The van der Waals surface area contributed by atoms with Crippen molar-refractivity contribution in [3.8, 4) is 0 Å². The van der Waals surface area contributed by atoms with Crippen molar-refractivity contribution in [3.05, 3.63) is 44.5 Å². The topological polar surface area (TPSA) is 76.2 Å². The van der Waals surface area contributed by atoms with Crippen molar-refractivity contribution >= 4 is 21.9 Å². The number of aryl methyl sites for hydroxylation is 1. The molecule has 0 bridgehead atoms. The maximum absolute atomic E-state index is 11.6. The average molecular weight is 217 g/mol. The van der Waals surface area contributed by atoms with Crippen molar-refractivity contribution < 1.29 is 8.94 Å². The molecule has 5 nitrogen and oxygen atoms in total. The molecule has 3 rings (SSSR count). The molecule has 0 atom stereocenters. The van der Waals surface area contributed by atoms with Crippen LogP contribution < -0.4 is 11.1 Å². The Morgan fingerprint density at radius 3 is 2.88 bits per heavy atom. The highest BCUT2D eigenvalue weighted by molar-refractivity contribution is 6.00. The van der Waals surface area contributed by atoms with Gasteiger partial charge in [0.1, 0.15) is 11.0 Å². The van der Waals surface area contributed by atoms with Gasteiger partial charge in [0, 0.05) is 6.07 Å². The molecule has 0 radical (unpaired) electrons. The molecule has 2 aromatic heterocycles. The fourth-order valence-corrected chi connectivity index (χ4v) is 1.76. The number of aromatic amines is 1. The van der Waals surface area contributed by atoms with Gasteiger partial charge < -0.3 is 8.94 Å². The normalized spacial score (nSPS) is 11.3. The second kappa shape index (κ2) is 2.85. The standard InChI is InChI=1S/C11H7NO4/c1-5-9-10(16-12-5)7-3-2-6(13)4-8(7)15-11(9)14/h2-4,12H,1H3. The van der Waals surface area contributed by atoms with Crippen molar-refractivity contribution in [1.29, 1.82) is 0 Å². The van der Waals surface area contributed by atoms with Crippen LogP contribution in [0.5, 0.6) is 0 Å². The molecule has 5 heteroatoms. The molecule has 0 spiro atoms. The molecule has 0 unspecified atom stereocenters. The zero-order valence-corrected chi connectivity index (χ0v) is 8.37. The van der Waals surface area contributed by atoms with Crippen LogP contribution in [0.1, 0.15) is 5.69 Å². The summed E-state index contributed by atoms with van der Waals surface area (Å²) in [6.07, 6.45) is 0. The Kier molecular flexibility index (Phi) is 1.60. The Hall–Kier alpha value is -2.30. The van der Waals surface area contributed by atoms with Gasteiger partial charge in [-0.1, -0.05) is 0 Å². The summed E-state index contributed by atoms with van der Waals surface area (Å²) in [5.41, 5.74) is 0.561. The van der Waals surface area contributed by atoms with E-state index in [0.29, 0.717) is 22.0 Å². The molecule has 0 aliphatic rings. The van der Waals surface area contributed by atoms with E-state index in [-0.39, 0.29) is 11.0 Å². The number of nitrogens with one attached hydrogen (secondary N) is 1. The Morgan fingerprint density at radius 2 is 2.06 bits per heavy atom. The SMILES string of the molecule is Cc1[nH]oc2c1c(=O)oc1cc(=O)ccc12. The Labute approximate surface area is 88.3 Å². The van der Waals surface area contributed by atoms with Crippen molar-refractivity contribution in [1.82, 2.24) is 5.16 Å². The third kappa shape index (κ3) is 1.05. The van der Waals surface area contributed by atoms with Gasteiger partial charge in [0.25, 0.3) is 0 Å². The zero-order chi connectivity index (χ0) is 11.3. The molecule has 80 valence electrons. The van der Waals surface area contributed by atoms with Crippen molar-refractivity contribution in [3.63, 3.8) is 0 Å². The molecule has 3 aromatic rings. The summed E-state index contributed by atoms with van der Waals surface area (Å²) in [4.78, 5) is 22.8. The van der Waals surface area contributed by atoms with E-state index in [1.807, 2.05) is 0 Å². The minimum atomic E-state index is -0.504. The summed E-state index contributed by atoms with van der Waals surface area (Å²) < 4.78 is 10.3. The molecule has 0 amide bonds. The van der Waals surface area contributed by atoms with Crippen LogP contribution in [-0.2, 0) is 0 Å². The maximum Gasteiger partial charge on any atom is 0.349 e. The lowest BCUT2D eigenvalue weighted by molar-refractivity contribution is 0.451. The molecule has 0 saturated heterocycles. The fraction of sp³-hybridized carbons (Fsp3) is 0.0909. The van der Waals surface area contributed by atoms with E-state index in [2.05, 4.69) is 5.16 Å². The number of fused-ring (bicyclic) bond motifs is 3. The maximum atomic E-state index is 11.6. The van der Waals surface area contributed by atoms with Gasteiger partial charge in [-0.2, -0.15) is 0 Å². The Balaban J connectivity index is 2.70. The number of benzene rings is 1. The number of hydrogen-bond donors (Lipinski definition) is 1. The van der Waals surface area contributed by atoms with Crippen LogP contribution in [0, 0.1) is 6.92 Å². The first-order valence-corrected chi connectivity index (χ1v) is 4.71. The highest BCUT2D eigenvalue weighted by atomic mass is 16.5. The quantitative estimate of drug-likeness (QED) is 0.579. The number of hydrogen-bond acceptors (Lipinski definition) is 4. The predicted octanol–water partition coefficient (Wildman–Crippen LogP) is 1.54. The van der Waals surface area contributed by atoms with Crippen molar-refractivity contribution in [2.75, 3.05) is 0 Å². The molecule has 16 heavy (non-hydrogen) atoms. The molecule has 1 aromatic carbocycles. The van der Waals surface area contributed by atoms with E-state index < -0.39 is 5.63 Å². The smallest absolute Gasteiger partial charge is 0.349 e. The van der Waals surface area contributed by atoms with E-state index in [1.165, 1.54) is 12.1 Å². The van der Waals surface area contributed by atoms with Crippen LogP contribution in [0.15, 0.2) is 36.7 Å². The summed E-state index contributed by atoms with van der Waals surface area (Å²) >= 11 is 0. The fourth-order valence-electron chi connectivity index (χ4n) is 1.76. The lowest BCUT2D eigenvalue weighted by Crippen LogP contribution is -2.02. The zero-order valence-electron chi connectivity index (χ0n) is 8.37. The second-order valence-electron chi connectivity index (χ2n) is 3.58. The molecule has 0 aliphatic heterocycles. The highest BCUT2D eigenvalue weighted by Crippen LogP contribution is 2.22. The Bertz CT molecular complexity index is 806. The second-order valence-corrected chi connectivity index (χ2v) is 3.58. The highest BCUT2D eigenvalue weighted by Gasteiger charge is 2.13. The minimum absolute atomic E-state index is 0.206. The largest absolute Gasteiger partial charge is 0.422 e.